The van der Waals surface area contributed by atoms with Crippen molar-refractivity contribution in [2.24, 2.45) is 0 Å². The summed E-state index contributed by atoms with van der Waals surface area (Å²) in [5.41, 5.74) is 0. The summed E-state index contributed by atoms with van der Waals surface area (Å²) in [5.74, 6) is -0.363. The van der Waals surface area contributed by atoms with Gasteiger partial charge in [-0.2, -0.15) is 0 Å². The highest BCUT2D eigenvalue weighted by Crippen LogP contribution is 2.28. The summed E-state index contributed by atoms with van der Waals surface area (Å²) >= 11 is 1.65. The van der Waals surface area contributed by atoms with Crippen LogP contribution in [0.5, 0.6) is 0 Å². The van der Waals surface area contributed by atoms with Crippen LogP contribution >= 0.6 is 11.3 Å². The van der Waals surface area contributed by atoms with Crippen molar-refractivity contribution >= 4 is 27.1 Å². The van der Waals surface area contributed by atoms with E-state index in [1.165, 1.54) is 4.88 Å². The van der Waals surface area contributed by atoms with Gasteiger partial charge in [0, 0.05) is 16.0 Å². The molecule has 0 aromatic carbocycles. The van der Waals surface area contributed by atoms with Crippen LogP contribution in [0.25, 0.3) is 0 Å². The van der Waals surface area contributed by atoms with Crippen molar-refractivity contribution in [2.75, 3.05) is 19.3 Å². The molecule has 0 aliphatic carbocycles. The van der Waals surface area contributed by atoms with Crippen LogP contribution in [0, 0.1) is 0 Å². The molecule has 0 atom stereocenters. The quantitative estimate of drug-likeness (QED) is 0.847. The highest BCUT2D eigenvalue weighted by atomic mass is 32.2. The highest BCUT2D eigenvalue weighted by molar-refractivity contribution is 7.92. The minimum Gasteiger partial charge on any atom is -0.350 e. The number of amides is 1. The lowest BCUT2D eigenvalue weighted by atomic mass is 9.96. The van der Waals surface area contributed by atoms with Crippen molar-refractivity contribution in [1.82, 2.24) is 10.6 Å². The highest BCUT2D eigenvalue weighted by Gasteiger charge is 2.48. The Labute approximate surface area is 130 Å². The molecule has 7 heteroatoms. The molecule has 118 valence electrons. The molecule has 1 aromatic heterocycles. The Hall–Kier alpha value is -0.920. The van der Waals surface area contributed by atoms with Crippen molar-refractivity contribution in [1.29, 1.82) is 0 Å². The van der Waals surface area contributed by atoms with E-state index in [2.05, 4.69) is 17.6 Å². The predicted molar refractivity (Wildman–Crippen MR) is 85.2 cm³/mol. The number of hydrogen-bond acceptors (Lipinski definition) is 5. The first-order valence-electron chi connectivity index (χ1n) is 7.15. The SMILES string of the molecule is CCc1ccc(CNC(=O)C2(S(C)(=O)=O)CCNCC2)s1. The van der Waals surface area contributed by atoms with Gasteiger partial charge in [-0.05, 0) is 44.5 Å². The van der Waals surface area contributed by atoms with Crippen molar-refractivity contribution in [3.8, 4) is 0 Å². The smallest absolute Gasteiger partial charge is 0.241 e. The van der Waals surface area contributed by atoms with Gasteiger partial charge in [-0.15, -0.1) is 11.3 Å². The molecule has 0 unspecified atom stereocenters. The van der Waals surface area contributed by atoms with E-state index in [9.17, 15) is 13.2 Å². The summed E-state index contributed by atoms with van der Waals surface area (Å²) < 4.78 is 23.0. The lowest BCUT2D eigenvalue weighted by Crippen LogP contribution is -2.57. The maximum Gasteiger partial charge on any atom is 0.241 e. The molecule has 1 aliphatic heterocycles. The van der Waals surface area contributed by atoms with E-state index in [0.29, 0.717) is 32.5 Å². The van der Waals surface area contributed by atoms with E-state index >= 15 is 0 Å². The van der Waals surface area contributed by atoms with Gasteiger partial charge in [0.05, 0.1) is 6.54 Å². The number of rotatable bonds is 5. The molecule has 5 nitrogen and oxygen atoms in total. The van der Waals surface area contributed by atoms with E-state index in [1.807, 2.05) is 12.1 Å². The first-order valence-corrected chi connectivity index (χ1v) is 9.86. The number of carbonyl (C=O) groups excluding carboxylic acids is 1. The van der Waals surface area contributed by atoms with E-state index in [1.54, 1.807) is 11.3 Å². The predicted octanol–water partition coefficient (Wildman–Crippen LogP) is 1.09. The molecular formula is C14H22N2O3S2. The molecule has 0 saturated carbocycles. The van der Waals surface area contributed by atoms with Gasteiger partial charge >= 0.3 is 0 Å². The first-order chi connectivity index (χ1) is 9.89. The summed E-state index contributed by atoms with van der Waals surface area (Å²) in [4.78, 5) is 14.8. The molecule has 1 fully saturated rings. The summed E-state index contributed by atoms with van der Waals surface area (Å²) in [6.45, 7) is 3.59. The number of nitrogens with one attached hydrogen (secondary N) is 2. The van der Waals surface area contributed by atoms with Crippen molar-refractivity contribution in [3.63, 3.8) is 0 Å². The number of carbonyl (C=O) groups is 1. The molecule has 0 bridgehead atoms. The third-order valence-corrected chi connectivity index (χ3v) is 7.27. The normalized spacial score (nSPS) is 18.4. The van der Waals surface area contributed by atoms with E-state index < -0.39 is 14.6 Å². The zero-order valence-corrected chi connectivity index (χ0v) is 14.1. The summed E-state index contributed by atoms with van der Waals surface area (Å²) in [7, 11) is -3.44. The van der Waals surface area contributed by atoms with E-state index in [-0.39, 0.29) is 5.91 Å². The molecular weight excluding hydrogens is 308 g/mol. The second-order valence-corrected chi connectivity index (χ2v) is 9.00. The number of thiophene rings is 1. The molecule has 0 radical (unpaired) electrons. The minimum absolute atomic E-state index is 0.336. The van der Waals surface area contributed by atoms with Gasteiger partial charge in [0.2, 0.25) is 5.91 Å². The topological polar surface area (TPSA) is 75.3 Å². The van der Waals surface area contributed by atoms with Gasteiger partial charge < -0.3 is 10.6 Å². The number of sulfone groups is 1. The molecule has 2 N–H and O–H groups in total. The molecule has 2 heterocycles. The molecule has 1 aliphatic rings. The fraction of sp³-hybridized carbons (Fsp3) is 0.643. The van der Waals surface area contributed by atoms with Crippen LogP contribution in [-0.4, -0.2) is 38.4 Å². The summed E-state index contributed by atoms with van der Waals surface area (Å²) in [6.07, 6.45) is 2.81. The van der Waals surface area contributed by atoms with Gasteiger partial charge in [0.15, 0.2) is 14.6 Å². The van der Waals surface area contributed by atoms with Gasteiger partial charge in [-0.1, -0.05) is 6.92 Å². The molecule has 1 amide bonds. The molecule has 21 heavy (non-hydrogen) atoms. The number of aryl methyl sites for hydroxylation is 1. The Bertz CT molecular complexity index is 601. The van der Waals surface area contributed by atoms with Crippen molar-refractivity contribution in [2.45, 2.75) is 37.5 Å². The number of hydrogen-bond donors (Lipinski definition) is 2. The zero-order chi connectivity index (χ0) is 15.5. The fourth-order valence-electron chi connectivity index (χ4n) is 2.63. The second-order valence-electron chi connectivity index (χ2n) is 5.42. The Kier molecular flexibility index (Phi) is 5.06. The minimum atomic E-state index is -3.44. The Balaban J connectivity index is 2.09. The lowest BCUT2D eigenvalue weighted by molar-refractivity contribution is -0.124. The lowest BCUT2D eigenvalue weighted by Gasteiger charge is -2.34. The monoisotopic (exact) mass is 330 g/mol. The van der Waals surface area contributed by atoms with Crippen LogP contribution in [0.1, 0.15) is 29.5 Å². The van der Waals surface area contributed by atoms with Crippen LogP contribution in [0.4, 0.5) is 0 Å². The second kappa shape index (κ2) is 6.46. The van der Waals surface area contributed by atoms with E-state index in [4.69, 9.17) is 0 Å². The Morgan fingerprint density at radius 2 is 1.95 bits per heavy atom. The standard InChI is InChI=1S/C14H22N2O3S2/c1-3-11-4-5-12(20-11)10-16-13(17)14(21(2,18)19)6-8-15-9-7-14/h4-5,15H,3,6-10H2,1-2H3,(H,16,17). The van der Waals surface area contributed by atoms with Crippen LogP contribution in [0.15, 0.2) is 12.1 Å². The van der Waals surface area contributed by atoms with Crippen LogP contribution in [0.3, 0.4) is 0 Å². The third kappa shape index (κ3) is 3.46. The maximum atomic E-state index is 12.5. The molecule has 0 spiro atoms. The molecule has 1 aromatic rings. The average molecular weight is 330 g/mol. The zero-order valence-electron chi connectivity index (χ0n) is 12.4. The number of piperidine rings is 1. The van der Waals surface area contributed by atoms with Gasteiger partial charge in [0.25, 0.3) is 0 Å². The summed E-state index contributed by atoms with van der Waals surface area (Å²) in [5, 5.41) is 5.93. The van der Waals surface area contributed by atoms with Crippen LogP contribution in [0.2, 0.25) is 0 Å². The Morgan fingerprint density at radius 1 is 1.33 bits per heavy atom. The third-order valence-electron chi connectivity index (χ3n) is 4.02. The molecule has 2 rings (SSSR count). The molecule has 1 saturated heterocycles. The maximum absolute atomic E-state index is 12.5. The first kappa shape index (κ1) is 16.5. The average Bonchev–Trinajstić information content (AvgIpc) is 2.92. The van der Waals surface area contributed by atoms with Gasteiger partial charge in [0.1, 0.15) is 0 Å². The van der Waals surface area contributed by atoms with Gasteiger partial charge in [-0.3, -0.25) is 4.79 Å². The Morgan fingerprint density at radius 3 is 2.48 bits per heavy atom. The summed E-state index contributed by atoms with van der Waals surface area (Å²) in [6, 6.07) is 4.03. The van der Waals surface area contributed by atoms with Crippen LogP contribution in [-0.2, 0) is 27.6 Å². The van der Waals surface area contributed by atoms with E-state index in [0.717, 1.165) is 17.6 Å². The van der Waals surface area contributed by atoms with Crippen LogP contribution < -0.4 is 10.6 Å². The van der Waals surface area contributed by atoms with Crippen molar-refractivity contribution in [3.05, 3.63) is 21.9 Å². The van der Waals surface area contributed by atoms with Crippen molar-refractivity contribution < 1.29 is 13.2 Å². The largest absolute Gasteiger partial charge is 0.350 e. The van der Waals surface area contributed by atoms with Gasteiger partial charge in [-0.25, -0.2) is 8.42 Å². The fourth-order valence-corrected chi connectivity index (χ4v) is 4.88.